The van der Waals surface area contributed by atoms with Crippen LogP contribution >= 0.6 is 0 Å². The van der Waals surface area contributed by atoms with Crippen LogP contribution in [-0.2, 0) is 30.3 Å². The zero-order valence-electron chi connectivity index (χ0n) is 29.9. The Morgan fingerprint density at radius 2 is 1.49 bits per heavy atom. The summed E-state index contributed by atoms with van der Waals surface area (Å²) in [7, 11) is 0. The predicted molar refractivity (Wildman–Crippen MR) is 186 cm³/mol. The Bertz CT molecular complexity index is 1280. The van der Waals surface area contributed by atoms with Crippen molar-refractivity contribution in [1.29, 1.82) is 0 Å². The van der Waals surface area contributed by atoms with Gasteiger partial charge in [-0.25, -0.2) is 4.79 Å². The van der Waals surface area contributed by atoms with Crippen molar-refractivity contribution in [1.82, 2.24) is 36.4 Å². The third kappa shape index (κ3) is 12.0. The third-order valence-corrected chi connectivity index (χ3v) is 9.67. The van der Waals surface area contributed by atoms with Crippen molar-refractivity contribution in [3.8, 4) is 0 Å². The van der Waals surface area contributed by atoms with E-state index in [-0.39, 0.29) is 24.8 Å². The molecular weight excluding hydrogens is 626 g/mol. The largest absolute Gasteiger partial charge is 0.444 e. The highest BCUT2D eigenvalue weighted by Crippen LogP contribution is 2.51. The summed E-state index contributed by atoms with van der Waals surface area (Å²) in [6, 6.07) is 7.98. The molecule has 1 spiro atoms. The van der Waals surface area contributed by atoms with E-state index < -0.39 is 48.0 Å². The van der Waals surface area contributed by atoms with Crippen molar-refractivity contribution < 1.29 is 28.7 Å². The molecule has 0 bridgehead atoms. The molecule has 2 heterocycles. The maximum atomic E-state index is 13.2. The molecule has 49 heavy (non-hydrogen) atoms. The minimum atomic E-state index is -0.992. The van der Waals surface area contributed by atoms with Crippen LogP contribution in [0.2, 0.25) is 0 Å². The molecule has 1 aliphatic carbocycles. The second kappa shape index (κ2) is 17.3. The summed E-state index contributed by atoms with van der Waals surface area (Å²) in [6.45, 7) is 14.3. The van der Waals surface area contributed by atoms with Crippen molar-refractivity contribution in [2.75, 3.05) is 52.4 Å². The van der Waals surface area contributed by atoms with Crippen LogP contribution in [0, 0.1) is 11.3 Å². The Kier molecular flexibility index (Phi) is 13.4. The molecule has 5 N–H and O–H groups in total. The van der Waals surface area contributed by atoms with E-state index in [1.165, 1.54) is 12.8 Å². The van der Waals surface area contributed by atoms with Crippen LogP contribution in [0.3, 0.4) is 0 Å². The topological polar surface area (TPSA) is 161 Å². The molecule has 0 radical (unpaired) electrons. The molecule has 4 rings (SSSR count). The summed E-state index contributed by atoms with van der Waals surface area (Å²) in [5.41, 5.74) is 0.402. The number of amides is 5. The SMILES string of the molecule is CC(C)C[C@@H](NC(=O)CNC(=O)C(Cc1ccccc1)NC(=O)OC(C)(C)C)C(=O)NCC(=O)N1CCC2(CC1)CC(N1CCNCC1)C2. The van der Waals surface area contributed by atoms with Gasteiger partial charge in [0, 0.05) is 51.7 Å². The first-order valence-electron chi connectivity index (χ1n) is 17.8. The van der Waals surface area contributed by atoms with Gasteiger partial charge in [0.05, 0.1) is 13.1 Å². The Balaban J connectivity index is 1.22. The summed E-state index contributed by atoms with van der Waals surface area (Å²) >= 11 is 0. The van der Waals surface area contributed by atoms with Crippen LogP contribution in [-0.4, -0.2) is 116 Å². The highest BCUT2D eigenvalue weighted by atomic mass is 16.6. The van der Waals surface area contributed by atoms with Gasteiger partial charge in [0.2, 0.25) is 23.6 Å². The van der Waals surface area contributed by atoms with Gasteiger partial charge in [-0.05, 0) is 69.8 Å². The molecule has 2 saturated heterocycles. The van der Waals surface area contributed by atoms with Crippen molar-refractivity contribution in [2.45, 2.75) is 96.9 Å². The van der Waals surface area contributed by atoms with E-state index in [0.717, 1.165) is 44.6 Å². The lowest BCUT2D eigenvalue weighted by Crippen LogP contribution is -2.59. The number of piperidine rings is 1. The van der Waals surface area contributed by atoms with Gasteiger partial charge in [-0.2, -0.15) is 0 Å². The molecule has 272 valence electrons. The minimum absolute atomic E-state index is 0.0837. The predicted octanol–water partition coefficient (Wildman–Crippen LogP) is 1.56. The standard InChI is InChI=1S/C36H57N7O6/c1-25(2)19-28(32(46)39-24-31(45)43-15-11-36(12-16-43)21-27(22-36)42-17-13-37-14-18-42)40-30(44)23-38-33(47)29(20-26-9-7-6-8-10-26)41-34(48)49-35(3,4)5/h6-10,25,27-29,37H,11-24H2,1-5H3,(H,38,47)(H,39,46)(H,40,44)(H,41,48)/t28-,29?/m1/s1. The number of ether oxygens (including phenoxy) is 1. The number of carbonyl (C=O) groups is 5. The lowest BCUT2D eigenvalue weighted by Gasteiger charge is -2.56. The molecule has 2 aliphatic heterocycles. The fraction of sp³-hybridized carbons (Fsp3) is 0.694. The van der Waals surface area contributed by atoms with Crippen molar-refractivity contribution in [3.05, 3.63) is 35.9 Å². The maximum Gasteiger partial charge on any atom is 0.408 e. The zero-order chi connectivity index (χ0) is 35.6. The number of piperazine rings is 1. The number of rotatable bonds is 13. The van der Waals surface area contributed by atoms with Crippen molar-refractivity contribution in [3.63, 3.8) is 0 Å². The Morgan fingerprint density at radius 3 is 2.10 bits per heavy atom. The summed E-state index contributed by atoms with van der Waals surface area (Å²) in [5.74, 6) is -1.60. The van der Waals surface area contributed by atoms with Gasteiger partial charge in [-0.1, -0.05) is 44.2 Å². The van der Waals surface area contributed by atoms with E-state index in [2.05, 4.69) is 31.5 Å². The van der Waals surface area contributed by atoms with Gasteiger partial charge in [-0.3, -0.25) is 24.1 Å². The van der Waals surface area contributed by atoms with Gasteiger partial charge < -0.3 is 36.2 Å². The molecule has 13 heteroatoms. The molecule has 1 aromatic carbocycles. The van der Waals surface area contributed by atoms with E-state index in [0.29, 0.717) is 31.0 Å². The molecule has 13 nitrogen and oxygen atoms in total. The maximum absolute atomic E-state index is 13.2. The fourth-order valence-corrected chi connectivity index (χ4v) is 7.03. The number of hydrogen-bond donors (Lipinski definition) is 5. The lowest BCUT2D eigenvalue weighted by atomic mass is 9.60. The fourth-order valence-electron chi connectivity index (χ4n) is 7.03. The van der Waals surface area contributed by atoms with Crippen LogP contribution in [0.5, 0.6) is 0 Å². The number of nitrogens with one attached hydrogen (secondary N) is 5. The van der Waals surface area contributed by atoms with Gasteiger partial charge in [0.25, 0.3) is 0 Å². The zero-order valence-corrected chi connectivity index (χ0v) is 29.9. The quantitative estimate of drug-likeness (QED) is 0.210. The molecule has 5 amide bonds. The first-order chi connectivity index (χ1) is 23.2. The van der Waals surface area contributed by atoms with E-state index in [1.54, 1.807) is 20.8 Å². The van der Waals surface area contributed by atoms with Gasteiger partial charge in [0.15, 0.2) is 0 Å². The van der Waals surface area contributed by atoms with E-state index in [1.807, 2.05) is 49.1 Å². The molecule has 1 aromatic rings. The Labute approximate surface area is 291 Å². The Morgan fingerprint density at radius 1 is 0.878 bits per heavy atom. The molecular formula is C36H57N7O6. The normalized spacial score (nSPS) is 19.3. The minimum Gasteiger partial charge on any atom is -0.444 e. The summed E-state index contributed by atoms with van der Waals surface area (Å²) in [6.07, 6.45) is 4.20. The van der Waals surface area contributed by atoms with Gasteiger partial charge in [0.1, 0.15) is 17.7 Å². The number of benzene rings is 1. The number of carbonyl (C=O) groups excluding carboxylic acids is 5. The van der Waals surface area contributed by atoms with Crippen LogP contribution in [0.1, 0.15) is 72.3 Å². The highest BCUT2D eigenvalue weighted by molar-refractivity contribution is 5.93. The van der Waals surface area contributed by atoms with Crippen LogP contribution < -0.4 is 26.6 Å². The van der Waals surface area contributed by atoms with Gasteiger partial charge >= 0.3 is 6.09 Å². The molecule has 1 unspecified atom stereocenters. The van der Waals surface area contributed by atoms with Crippen molar-refractivity contribution in [2.24, 2.45) is 11.3 Å². The molecule has 3 aliphatic rings. The smallest absolute Gasteiger partial charge is 0.408 e. The first-order valence-corrected chi connectivity index (χ1v) is 17.8. The first kappa shape index (κ1) is 38.1. The highest BCUT2D eigenvalue weighted by Gasteiger charge is 2.48. The van der Waals surface area contributed by atoms with Crippen LogP contribution in [0.4, 0.5) is 4.79 Å². The molecule has 2 atom stereocenters. The number of alkyl carbamates (subject to hydrolysis) is 1. The second-order valence-electron chi connectivity index (χ2n) is 15.3. The Hall–Kier alpha value is -3.71. The van der Waals surface area contributed by atoms with E-state index in [9.17, 15) is 24.0 Å². The lowest BCUT2D eigenvalue weighted by molar-refractivity contribution is -0.137. The van der Waals surface area contributed by atoms with Gasteiger partial charge in [-0.15, -0.1) is 0 Å². The molecule has 1 saturated carbocycles. The monoisotopic (exact) mass is 683 g/mol. The third-order valence-electron chi connectivity index (χ3n) is 9.67. The molecule has 0 aromatic heterocycles. The number of nitrogens with zero attached hydrogens (tertiary/aromatic N) is 2. The summed E-state index contributed by atoms with van der Waals surface area (Å²) < 4.78 is 5.33. The number of likely N-dealkylation sites (tertiary alicyclic amines) is 1. The summed E-state index contributed by atoms with van der Waals surface area (Å²) in [5, 5.41) is 14.0. The number of hydrogen-bond acceptors (Lipinski definition) is 8. The van der Waals surface area contributed by atoms with E-state index >= 15 is 0 Å². The second-order valence-corrected chi connectivity index (χ2v) is 15.3. The van der Waals surface area contributed by atoms with Crippen LogP contribution in [0.25, 0.3) is 0 Å². The summed E-state index contributed by atoms with van der Waals surface area (Å²) in [4.78, 5) is 69.2. The van der Waals surface area contributed by atoms with E-state index in [4.69, 9.17) is 4.74 Å². The van der Waals surface area contributed by atoms with Crippen LogP contribution in [0.15, 0.2) is 30.3 Å². The average Bonchev–Trinajstić information content (AvgIpc) is 3.04. The average molecular weight is 684 g/mol. The van der Waals surface area contributed by atoms with Crippen molar-refractivity contribution >= 4 is 29.7 Å². The molecule has 3 fully saturated rings.